The molecule has 0 saturated heterocycles. The van der Waals surface area contributed by atoms with Crippen molar-refractivity contribution in [3.8, 4) is 5.75 Å². The van der Waals surface area contributed by atoms with Gasteiger partial charge in [0.15, 0.2) is 0 Å². The lowest BCUT2D eigenvalue weighted by atomic mass is 10.1. The maximum Gasteiger partial charge on any atom is 0.123 e. The van der Waals surface area contributed by atoms with E-state index in [2.05, 4.69) is 17.4 Å². The van der Waals surface area contributed by atoms with Crippen LogP contribution in [0.25, 0.3) is 0 Å². The maximum absolute atomic E-state index is 5.88. The molecule has 2 rings (SSSR count). The number of unbranched alkanes of at least 4 members (excludes halogenated alkanes) is 1. The molecule has 1 unspecified atom stereocenters. The lowest BCUT2D eigenvalue weighted by molar-refractivity contribution is 0.0687. The van der Waals surface area contributed by atoms with E-state index in [4.69, 9.17) is 14.2 Å². The number of methoxy groups -OCH3 is 1. The minimum Gasteiger partial charge on any atom is -0.488 e. The van der Waals surface area contributed by atoms with Crippen LogP contribution in [0.1, 0.15) is 18.4 Å². The first-order valence-corrected chi connectivity index (χ1v) is 7.42. The molecule has 1 atom stereocenters. The van der Waals surface area contributed by atoms with Gasteiger partial charge in [0.25, 0.3) is 0 Å². The van der Waals surface area contributed by atoms with Crippen LogP contribution in [0.4, 0.5) is 0 Å². The monoisotopic (exact) mass is 279 g/mol. The van der Waals surface area contributed by atoms with Crippen LogP contribution in [0.5, 0.6) is 5.75 Å². The lowest BCUT2D eigenvalue weighted by Gasteiger charge is -2.11. The molecule has 0 aromatic heterocycles. The van der Waals surface area contributed by atoms with Crippen LogP contribution in [-0.2, 0) is 15.9 Å². The van der Waals surface area contributed by atoms with E-state index in [1.807, 2.05) is 12.1 Å². The third kappa shape index (κ3) is 5.12. The molecule has 1 aliphatic rings. The summed E-state index contributed by atoms with van der Waals surface area (Å²) in [6.45, 7) is 4.12. The SMILES string of the molecule is COCCOCCCCNCC1Cc2ccccc2O1. The van der Waals surface area contributed by atoms with E-state index in [-0.39, 0.29) is 6.10 Å². The van der Waals surface area contributed by atoms with Gasteiger partial charge in [-0.3, -0.25) is 0 Å². The number of fused-ring (bicyclic) bond motifs is 1. The molecule has 112 valence electrons. The molecule has 0 radical (unpaired) electrons. The van der Waals surface area contributed by atoms with Crippen LogP contribution < -0.4 is 10.1 Å². The number of hydrogen-bond acceptors (Lipinski definition) is 4. The molecule has 4 heteroatoms. The van der Waals surface area contributed by atoms with Crippen molar-refractivity contribution in [2.75, 3.05) is 40.0 Å². The zero-order valence-electron chi connectivity index (χ0n) is 12.3. The normalized spacial score (nSPS) is 16.9. The molecule has 0 spiro atoms. The first-order chi connectivity index (χ1) is 9.90. The summed E-state index contributed by atoms with van der Waals surface area (Å²) in [6.07, 6.45) is 3.52. The molecule has 1 aromatic carbocycles. The Balaban J connectivity index is 1.45. The third-order valence-electron chi connectivity index (χ3n) is 3.41. The fourth-order valence-electron chi connectivity index (χ4n) is 2.33. The Hall–Kier alpha value is -1.10. The van der Waals surface area contributed by atoms with E-state index in [0.29, 0.717) is 13.2 Å². The smallest absolute Gasteiger partial charge is 0.123 e. The topological polar surface area (TPSA) is 39.7 Å². The van der Waals surface area contributed by atoms with Gasteiger partial charge in [0.1, 0.15) is 11.9 Å². The predicted octanol–water partition coefficient (Wildman–Crippen LogP) is 2.02. The molecule has 4 nitrogen and oxygen atoms in total. The Morgan fingerprint density at radius 3 is 2.95 bits per heavy atom. The van der Waals surface area contributed by atoms with E-state index < -0.39 is 0 Å². The van der Waals surface area contributed by atoms with Gasteiger partial charge in [-0.05, 0) is 31.0 Å². The maximum atomic E-state index is 5.88. The first kappa shape index (κ1) is 15.3. The Bertz CT molecular complexity index is 359. The van der Waals surface area contributed by atoms with E-state index >= 15 is 0 Å². The summed E-state index contributed by atoms with van der Waals surface area (Å²) in [5.74, 6) is 1.05. The van der Waals surface area contributed by atoms with Gasteiger partial charge in [0.05, 0.1) is 13.2 Å². The van der Waals surface area contributed by atoms with Crippen molar-refractivity contribution in [1.82, 2.24) is 5.32 Å². The number of rotatable bonds is 10. The summed E-state index contributed by atoms with van der Waals surface area (Å²) in [4.78, 5) is 0. The Labute approximate surface area is 121 Å². The number of nitrogens with one attached hydrogen (secondary N) is 1. The van der Waals surface area contributed by atoms with E-state index in [0.717, 1.165) is 44.7 Å². The zero-order chi connectivity index (χ0) is 14.0. The third-order valence-corrected chi connectivity index (χ3v) is 3.41. The number of para-hydroxylation sites is 1. The van der Waals surface area contributed by atoms with Crippen molar-refractivity contribution in [1.29, 1.82) is 0 Å². The van der Waals surface area contributed by atoms with E-state index in [1.54, 1.807) is 7.11 Å². The second-order valence-electron chi connectivity index (χ2n) is 5.07. The van der Waals surface area contributed by atoms with Crippen molar-refractivity contribution in [3.05, 3.63) is 29.8 Å². The summed E-state index contributed by atoms with van der Waals surface area (Å²) in [6, 6.07) is 8.29. The summed E-state index contributed by atoms with van der Waals surface area (Å²) in [7, 11) is 1.69. The molecule has 0 saturated carbocycles. The van der Waals surface area contributed by atoms with Gasteiger partial charge in [0.2, 0.25) is 0 Å². The molecule has 1 aliphatic heterocycles. The van der Waals surface area contributed by atoms with Gasteiger partial charge in [-0.2, -0.15) is 0 Å². The van der Waals surface area contributed by atoms with Crippen LogP contribution >= 0.6 is 0 Å². The van der Waals surface area contributed by atoms with Gasteiger partial charge < -0.3 is 19.5 Å². The van der Waals surface area contributed by atoms with E-state index in [9.17, 15) is 0 Å². The number of hydrogen-bond donors (Lipinski definition) is 1. The summed E-state index contributed by atoms with van der Waals surface area (Å²) >= 11 is 0. The molecule has 1 aromatic rings. The molecule has 0 bridgehead atoms. The molecule has 1 heterocycles. The number of benzene rings is 1. The number of ether oxygens (including phenoxy) is 3. The molecule has 0 aliphatic carbocycles. The van der Waals surface area contributed by atoms with Crippen LogP contribution in [0, 0.1) is 0 Å². The second kappa shape index (κ2) is 8.95. The van der Waals surface area contributed by atoms with Gasteiger partial charge >= 0.3 is 0 Å². The molecule has 1 N–H and O–H groups in total. The predicted molar refractivity (Wildman–Crippen MR) is 79.4 cm³/mol. The van der Waals surface area contributed by atoms with Crippen LogP contribution in [0.3, 0.4) is 0 Å². The molecular formula is C16H25NO3. The van der Waals surface area contributed by atoms with Crippen molar-refractivity contribution >= 4 is 0 Å². The zero-order valence-corrected chi connectivity index (χ0v) is 12.3. The summed E-state index contributed by atoms with van der Waals surface area (Å²) in [5.41, 5.74) is 1.32. The van der Waals surface area contributed by atoms with Gasteiger partial charge in [-0.15, -0.1) is 0 Å². The van der Waals surface area contributed by atoms with Crippen molar-refractivity contribution in [2.45, 2.75) is 25.4 Å². The largest absolute Gasteiger partial charge is 0.488 e. The quantitative estimate of drug-likeness (QED) is 0.665. The molecule has 0 amide bonds. The van der Waals surface area contributed by atoms with Crippen molar-refractivity contribution in [2.24, 2.45) is 0 Å². The van der Waals surface area contributed by atoms with Gasteiger partial charge in [-0.1, -0.05) is 18.2 Å². The molecular weight excluding hydrogens is 254 g/mol. The van der Waals surface area contributed by atoms with Gasteiger partial charge in [0, 0.05) is 26.7 Å². The van der Waals surface area contributed by atoms with Crippen molar-refractivity contribution in [3.63, 3.8) is 0 Å². The fourth-order valence-corrected chi connectivity index (χ4v) is 2.33. The van der Waals surface area contributed by atoms with Crippen molar-refractivity contribution < 1.29 is 14.2 Å². The molecule has 20 heavy (non-hydrogen) atoms. The highest BCUT2D eigenvalue weighted by atomic mass is 16.5. The average molecular weight is 279 g/mol. The minimum absolute atomic E-state index is 0.283. The highest BCUT2D eigenvalue weighted by Crippen LogP contribution is 2.27. The highest BCUT2D eigenvalue weighted by molar-refractivity contribution is 5.37. The van der Waals surface area contributed by atoms with Crippen LogP contribution in [0.15, 0.2) is 24.3 Å². The van der Waals surface area contributed by atoms with Crippen LogP contribution in [0.2, 0.25) is 0 Å². The fraction of sp³-hybridized carbons (Fsp3) is 0.625. The second-order valence-corrected chi connectivity index (χ2v) is 5.07. The highest BCUT2D eigenvalue weighted by Gasteiger charge is 2.21. The lowest BCUT2D eigenvalue weighted by Crippen LogP contribution is -2.30. The Morgan fingerprint density at radius 1 is 1.20 bits per heavy atom. The average Bonchev–Trinajstić information content (AvgIpc) is 2.88. The molecule has 0 fully saturated rings. The Kier molecular flexibility index (Phi) is 6.84. The summed E-state index contributed by atoms with van der Waals surface area (Å²) in [5, 5.41) is 3.46. The van der Waals surface area contributed by atoms with Gasteiger partial charge in [-0.25, -0.2) is 0 Å². The minimum atomic E-state index is 0.283. The summed E-state index contributed by atoms with van der Waals surface area (Å²) < 4.78 is 16.2. The Morgan fingerprint density at radius 2 is 2.10 bits per heavy atom. The standard InChI is InChI=1S/C16H25NO3/c1-18-10-11-19-9-5-4-8-17-13-15-12-14-6-2-3-7-16(14)20-15/h2-3,6-7,15,17H,4-5,8-13H2,1H3. The van der Waals surface area contributed by atoms with E-state index in [1.165, 1.54) is 5.56 Å². The first-order valence-electron chi connectivity index (χ1n) is 7.42. The van der Waals surface area contributed by atoms with Crippen LogP contribution in [-0.4, -0.2) is 46.1 Å².